The van der Waals surface area contributed by atoms with Gasteiger partial charge in [-0.1, -0.05) is 24.3 Å². The SMILES string of the molecule is COc1ccccc1-c1nccc(COc2ccc(OCN3CCN(C)CC3)cc2C[C@@H](Oc2ncnc3sc(-c4ccc(F)cc4)c(-c4c(C)cc(O)cc4C)c23)C(=O)O)n1. The molecule has 1 fully saturated rings. The van der Waals surface area contributed by atoms with E-state index < -0.39 is 12.1 Å². The third kappa shape index (κ3) is 9.29. The Labute approximate surface area is 362 Å². The van der Waals surface area contributed by atoms with Gasteiger partial charge >= 0.3 is 5.97 Å². The topological polar surface area (TPSA) is 152 Å². The first-order valence-corrected chi connectivity index (χ1v) is 20.8. The standard InChI is InChI=1S/C47H45FN6O7S/c1-28-21-34(55)22-29(2)40(28)41-42-45(50-26-51-46(42)62-43(41)30-9-11-32(48)12-10-30)61-39(47(56)57)24-31-23-35(60-27-54-19-17-53(3)18-20-54)13-14-37(31)59-25-33-15-16-49-44(52-33)36-7-5-6-8-38(36)58-4/h5-16,21-23,26,39,55H,17-20,24-25,27H2,1-4H3,(H,56,57)/t39-/m1/s1. The largest absolute Gasteiger partial charge is 0.508 e. The molecule has 1 aliphatic heterocycles. The number of aromatic nitrogens is 4. The maximum atomic E-state index is 14.1. The summed E-state index contributed by atoms with van der Waals surface area (Å²) in [6, 6.07) is 24.0. The van der Waals surface area contributed by atoms with Crippen molar-refractivity contribution in [1.82, 2.24) is 29.7 Å². The Morgan fingerprint density at radius 2 is 1.65 bits per heavy atom. The van der Waals surface area contributed by atoms with Gasteiger partial charge in [0.05, 0.1) is 23.8 Å². The molecule has 7 aromatic rings. The van der Waals surface area contributed by atoms with Crippen LogP contribution in [-0.4, -0.2) is 99.1 Å². The van der Waals surface area contributed by atoms with Crippen LogP contribution in [0.2, 0.25) is 0 Å². The van der Waals surface area contributed by atoms with Crippen molar-refractivity contribution in [3.63, 3.8) is 0 Å². The summed E-state index contributed by atoms with van der Waals surface area (Å²) >= 11 is 1.36. The molecule has 1 aliphatic rings. The molecule has 4 aromatic carbocycles. The van der Waals surface area contributed by atoms with Crippen LogP contribution in [0.3, 0.4) is 0 Å². The van der Waals surface area contributed by atoms with Crippen molar-refractivity contribution in [1.29, 1.82) is 0 Å². The highest BCUT2D eigenvalue weighted by Gasteiger charge is 2.29. The van der Waals surface area contributed by atoms with Crippen molar-refractivity contribution in [3.05, 3.63) is 126 Å². The maximum Gasteiger partial charge on any atom is 0.345 e. The molecule has 62 heavy (non-hydrogen) atoms. The molecule has 318 valence electrons. The number of hydrogen-bond acceptors (Lipinski definition) is 13. The van der Waals surface area contributed by atoms with E-state index in [4.69, 9.17) is 23.9 Å². The number of phenols is 1. The number of nitrogens with zero attached hydrogens (tertiary/aromatic N) is 6. The smallest absolute Gasteiger partial charge is 0.345 e. The minimum Gasteiger partial charge on any atom is -0.508 e. The lowest BCUT2D eigenvalue weighted by atomic mass is 9.92. The molecule has 1 atom stereocenters. The number of thiophene rings is 1. The number of rotatable bonds is 15. The molecule has 2 N–H and O–H groups in total. The Kier molecular flexibility index (Phi) is 12.6. The number of para-hydroxylation sites is 1. The van der Waals surface area contributed by atoms with Gasteiger partial charge in [0.1, 0.15) is 53.3 Å². The summed E-state index contributed by atoms with van der Waals surface area (Å²) in [5.41, 5.74) is 5.60. The summed E-state index contributed by atoms with van der Waals surface area (Å²) in [5, 5.41) is 21.7. The van der Waals surface area contributed by atoms with Gasteiger partial charge in [0.2, 0.25) is 12.0 Å². The summed E-state index contributed by atoms with van der Waals surface area (Å²) < 4.78 is 38.8. The number of aromatic hydroxyl groups is 1. The van der Waals surface area contributed by atoms with E-state index in [0.717, 1.165) is 58.9 Å². The second kappa shape index (κ2) is 18.5. The van der Waals surface area contributed by atoms with Crippen LogP contribution < -0.4 is 18.9 Å². The predicted octanol–water partition coefficient (Wildman–Crippen LogP) is 8.19. The first-order valence-electron chi connectivity index (χ1n) is 20.0. The fourth-order valence-corrected chi connectivity index (χ4v) is 8.71. The van der Waals surface area contributed by atoms with Gasteiger partial charge in [-0.15, -0.1) is 11.3 Å². The van der Waals surface area contributed by atoms with Crippen LogP contribution in [-0.2, 0) is 17.8 Å². The molecule has 13 nitrogen and oxygen atoms in total. The molecule has 1 saturated heterocycles. The number of phenolic OH excluding ortho intramolecular Hbond substituents is 1. The van der Waals surface area contributed by atoms with Crippen molar-refractivity contribution >= 4 is 27.5 Å². The number of hydrogen-bond donors (Lipinski definition) is 2. The maximum absolute atomic E-state index is 14.1. The Hall–Kier alpha value is -6.68. The third-order valence-electron chi connectivity index (χ3n) is 10.7. The Morgan fingerprint density at radius 3 is 2.39 bits per heavy atom. The molecule has 0 spiro atoms. The van der Waals surface area contributed by atoms with Crippen LogP contribution in [0.5, 0.6) is 28.9 Å². The lowest BCUT2D eigenvalue weighted by molar-refractivity contribution is -0.145. The summed E-state index contributed by atoms with van der Waals surface area (Å²) in [6.45, 7) is 7.77. The molecule has 15 heteroatoms. The van der Waals surface area contributed by atoms with Gasteiger partial charge < -0.3 is 34.1 Å². The van der Waals surface area contributed by atoms with Crippen LogP contribution in [0.1, 0.15) is 22.4 Å². The van der Waals surface area contributed by atoms with E-state index >= 15 is 0 Å². The van der Waals surface area contributed by atoms with E-state index in [2.05, 4.69) is 31.8 Å². The van der Waals surface area contributed by atoms with E-state index in [9.17, 15) is 19.4 Å². The van der Waals surface area contributed by atoms with E-state index in [-0.39, 0.29) is 30.5 Å². The Morgan fingerprint density at radius 1 is 0.887 bits per heavy atom. The monoisotopic (exact) mass is 856 g/mol. The van der Waals surface area contributed by atoms with Crippen LogP contribution in [0.15, 0.2) is 97.5 Å². The van der Waals surface area contributed by atoms with Crippen LogP contribution in [0.25, 0.3) is 43.2 Å². The molecular weight excluding hydrogens is 812 g/mol. The lowest BCUT2D eigenvalue weighted by Crippen LogP contribution is -2.45. The normalized spacial score (nSPS) is 13.8. The Bertz CT molecular complexity index is 2700. The van der Waals surface area contributed by atoms with Gasteiger partial charge in [0.15, 0.2) is 5.82 Å². The van der Waals surface area contributed by atoms with E-state index in [1.807, 2.05) is 38.1 Å². The first kappa shape index (κ1) is 42.0. The Balaban J connectivity index is 1.14. The minimum atomic E-state index is -1.44. The number of halogens is 1. The molecule has 0 radical (unpaired) electrons. The fourth-order valence-electron chi connectivity index (χ4n) is 7.56. The number of aliphatic carboxylic acids is 1. The van der Waals surface area contributed by atoms with Crippen molar-refractivity contribution in [2.24, 2.45) is 0 Å². The predicted molar refractivity (Wildman–Crippen MR) is 234 cm³/mol. The van der Waals surface area contributed by atoms with Gasteiger partial charge in [-0.3, -0.25) is 4.90 Å². The summed E-state index contributed by atoms with van der Waals surface area (Å²) in [7, 11) is 3.69. The molecule has 3 aromatic heterocycles. The molecule has 0 amide bonds. The fraction of sp³-hybridized carbons (Fsp3) is 0.255. The number of likely N-dealkylation sites (N-methyl/N-ethyl adjacent to an activating group) is 1. The van der Waals surface area contributed by atoms with E-state index in [1.165, 1.54) is 29.8 Å². The van der Waals surface area contributed by atoms with E-state index in [1.54, 1.807) is 61.8 Å². The van der Waals surface area contributed by atoms with Gasteiger partial charge in [-0.05, 0) is 104 Å². The number of fused-ring (bicyclic) bond motifs is 1. The quantitative estimate of drug-likeness (QED) is 0.102. The molecule has 8 rings (SSSR count). The van der Waals surface area contributed by atoms with Crippen molar-refractivity contribution in [3.8, 4) is 61.8 Å². The second-order valence-corrected chi connectivity index (χ2v) is 16.1. The van der Waals surface area contributed by atoms with Crippen molar-refractivity contribution in [2.45, 2.75) is 33.0 Å². The average Bonchev–Trinajstić information content (AvgIpc) is 3.65. The molecule has 0 unspecified atom stereocenters. The van der Waals surface area contributed by atoms with Crippen LogP contribution >= 0.6 is 11.3 Å². The molecule has 0 aliphatic carbocycles. The van der Waals surface area contributed by atoms with Crippen molar-refractivity contribution < 1.29 is 38.3 Å². The summed E-state index contributed by atoms with van der Waals surface area (Å²) in [6.07, 6.45) is 1.43. The average molecular weight is 857 g/mol. The molecule has 0 bridgehead atoms. The number of methoxy groups -OCH3 is 1. The van der Waals surface area contributed by atoms with Gasteiger partial charge in [-0.25, -0.2) is 29.1 Å². The highest BCUT2D eigenvalue weighted by atomic mass is 32.1. The zero-order valence-electron chi connectivity index (χ0n) is 34.7. The molecular formula is C47H45FN6O7S. The van der Waals surface area contributed by atoms with Gasteiger partial charge in [0, 0.05) is 54.8 Å². The third-order valence-corrected chi connectivity index (χ3v) is 11.9. The first-order chi connectivity index (χ1) is 30.0. The van der Waals surface area contributed by atoms with Crippen LogP contribution in [0.4, 0.5) is 4.39 Å². The van der Waals surface area contributed by atoms with Gasteiger partial charge in [-0.2, -0.15) is 0 Å². The summed E-state index contributed by atoms with van der Waals surface area (Å²) in [4.78, 5) is 37.3. The lowest BCUT2D eigenvalue weighted by Gasteiger charge is -2.32. The number of carboxylic acid groups (broad SMARTS) is 1. The minimum absolute atomic E-state index is 0.0556. The summed E-state index contributed by atoms with van der Waals surface area (Å²) in [5.74, 6) is 0.628. The molecule has 4 heterocycles. The number of piperazine rings is 1. The zero-order valence-corrected chi connectivity index (χ0v) is 35.5. The number of carbonyl (C=O) groups is 1. The zero-order chi connectivity index (χ0) is 43.3. The number of aryl methyl sites for hydroxylation is 2. The number of ether oxygens (including phenoxy) is 4. The molecule has 0 saturated carbocycles. The second-order valence-electron chi connectivity index (χ2n) is 15.1. The highest BCUT2D eigenvalue weighted by molar-refractivity contribution is 7.22. The van der Waals surface area contributed by atoms with Gasteiger partial charge in [0.25, 0.3) is 0 Å². The van der Waals surface area contributed by atoms with Crippen molar-refractivity contribution in [2.75, 3.05) is 47.1 Å². The highest BCUT2D eigenvalue weighted by Crippen LogP contribution is 2.49. The number of carboxylic acids is 1. The number of benzene rings is 4. The van der Waals surface area contributed by atoms with Crippen LogP contribution in [0, 0.1) is 19.7 Å². The van der Waals surface area contributed by atoms with E-state index in [0.29, 0.717) is 56.8 Å².